The number of halogens is 2. The minimum atomic E-state index is 0.183. The zero-order chi connectivity index (χ0) is 12.5. The quantitative estimate of drug-likeness (QED) is 0.794. The van der Waals surface area contributed by atoms with E-state index in [0.717, 1.165) is 12.5 Å². The average Bonchev–Trinajstić information content (AvgIpc) is 2.37. The summed E-state index contributed by atoms with van der Waals surface area (Å²) in [7, 11) is 0. The molecule has 2 fully saturated rings. The van der Waals surface area contributed by atoms with Crippen LogP contribution >= 0.6 is 23.2 Å². The summed E-state index contributed by atoms with van der Waals surface area (Å²) in [6, 6.07) is 0.557. The van der Waals surface area contributed by atoms with Crippen molar-refractivity contribution in [1.29, 1.82) is 0 Å². The van der Waals surface area contributed by atoms with Crippen LogP contribution in [0.1, 0.15) is 38.5 Å². The van der Waals surface area contributed by atoms with Crippen LogP contribution in [0.4, 0.5) is 5.95 Å². The molecular weight excluding hydrogens is 271 g/mol. The molecule has 1 aromatic heterocycles. The maximum Gasteiger partial charge on any atom is 0.231 e. The van der Waals surface area contributed by atoms with E-state index in [0.29, 0.717) is 12.0 Å². The highest BCUT2D eigenvalue weighted by molar-refractivity contribution is 6.31. The maximum absolute atomic E-state index is 5.87. The summed E-state index contributed by atoms with van der Waals surface area (Å²) in [5.74, 6) is 1.43. The molecule has 0 bridgehead atoms. The van der Waals surface area contributed by atoms with Gasteiger partial charge in [-0.2, -0.15) is 15.0 Å². The molecule has 2 heterocycles. The van der Waals surface area contributed by atoms with Crippen molar-refractivity contribution in [2.45, 2.75) is 44.6 Å². The Bertz CT molecular complexity index is 418. The SMILES string of the molecule is Clc1nc(Cl)nc(N2CCCC3CCCCC32)n1. The van der Waals surface area contributed by atoms with Crippen molar-refractivity contribution in [2.24, 2.45) is 5.92 Å². The molecule has 0 radical (unpaired) electrons. The van der Waals surface area contributed by atoms with Gasteiger partial charge in [0.2, 0.25) is 16.5 Å². The molecule has 98 valence electrons. The van der Waals surface area contributed by atoms with E-state index in [-0.39, 0.29) is 10.6 Å². The third-order valence-electron chi connectivity index (χ3n) is 4.07. The predicted octanol–water partition coefficient (Wildman–Crippen LogP) is 3.34. The van der Waals surface area contributed by atoms with Crippen LogP contribution in [0.25, 0.3) is 0 Å². The highest BCUT2D eigenvalue weighted by Crippen LogP contribution is 2.36. The van der Waals surface area contributed by atoms with Gasteiger partial charge in [-0.05, 0) is 54.8 Å². The van der Waals surface area contributed by atoms with Crippen molar-refractivity contribution >= 4 is 29.2 Å². The standard InChI is InChI=1S/C12H16Cl2N4/c13-10-15-11(14)17-12(16-10)18-7-3-5-8-4-1-2-6-9(8)18/h8-9H,1-7H2. The van der Waals surface area contributed by atoms with Gasteiger partial charge in [-0.25, -0.2) is 0 Å². The summed E-state index contributed by atoms with van der Waals surface area (Å²) in [5, 5.41) is 0.367. The lowest BCUT2D eigenvalue weighted by Crippen LogP contribution is -2.47. The number of anilines is 1. The number of hydrogen-bond acceptors (Lipinski definition) is 4. The molecule has 2 unspecified atom stereocenters. The first-order chi connectivity index (χ1) is 8.74. The van der Waals surface area contributed by atoms with E-state index in [1.165, 1.54) is 38.5 Å². The topological polar surface area (TPSA) is 41.9 Å². The van der Waals surface area contributed by atoms with Crippen LogP contribution in [0.2, 0.25) is 10.6 Å². The average molecular weight is 287 g/mol. The van der Waals surface area contributed by atoms with Crippen LogP contribution in [0, 0.1) is 5.92 Å². The number of nitrogens with zero attached hydrogens (tertiary/aromatic N) is 4. The zero-order valence-electron chi connectivity index (χ0n) is 10.1. The smallest absolute Gasteiger partial charge is 0.231 e. The van der Waals surface area contributed by atoms with Crippen LogP contribution in [-0.4, -0.2) is 27.5 Å². The van der Waals surface area contributed by atoms with Crippen LogP contribution in [0.3, 0.4) is 0 Å². The van der Waals surface area contributed by atoms with Gasteiger partial charge in [-0.1, -0.05) is 12.8 Å². The van der Waals surface area contributed by atoms with Crippen LogP contribution < -0.4 is 4.90 Å². The van der Waals surface area contributed by atoms with Crippen molar-refractivity contribution < 1.29 is 0 Å². The number of piperidine rings is 1. The molecule has 1 aliphatic carbocycles. The lowest BCUT2D eigenvalue weighted by molar-refractivity contribution is 0.241. The fourth-order valence-corrected chi connectivity index (χ4v) is 3.67. The molecule has 0 spiro atoms. The third-order valence-corrected chi connectivity index (χ3v) is 4.41. The van der Waals surface area contributed by atoms with Gasteiger partial charge in [0.15, 0.2) is 0 Å². The van der Waals surface area contributed by atoms with E-state index in [1.54, 1.807) is 0 Å². The fourth-order valence-electron chi connectivity index (χ4n) is 3.32. The van der Waals surface area contributed by atoms with Gasteiger partial charge in [0.25, 0.3) is 0 Å². The first kappa shape index (κ1) is 12.4. The summed E-state index contributed by atoms with van der Waals surface area (Å²) >= 11 is 11.7. The summed E-state index contributed by atoms with van der Waals surface area (Å²) in [6.07, 6.45) is 7.73. The van der Waals surface area contributed by atoms with Crippen molar-refractivity contribution in [2.75, 3.05) is 11.4 Å². The second kappa shape index (κ2) is 5.17. The number of hydrogen-bond donors (Lipinski definition) is 0. The van der Waals surface area contributed by atoms with Gasteiger partial charge in [-0.15, -0.1) is 0 Å². The third kappa shape index (κ3) is 2.41. The molecule has 1 aliphatic heterocycles. The Hall–Kier alpha value is -0.610. The molecule has 0 amide bonds. The maximum atomic E-state index is 5.87. The van der Waals surface area contributed by atoms with E-state index < -0.39 is 0 Å². The normalized spacial score (nSPS) is 28.0. The van der Waals surface area contributed by atoms with Crippen LogP contribution in [0.5, 0.6) is 0 Å². The molecule has 2 aliphatic rings. The second-order valence-electron chi connectivity index (χ2n) is 5.12. The molecule has 0 aromatic carbocycles. The molecule has 2 atom stereocenters. The molecule has 0 N–H and O–H groups in total. The number of rotatable bonds is 1. The van der Waals surface area contributed by atoms with Gasteiger partial charge in [0.1, 0.15) is 0 Å². The molecule has 6 heteroatoms. The minimum absolute atomic E-state index is 0.183. The highest BCUT2D eigenvalue weighted by atomic mass is 35.5. The molecule has 3 rings (SSSR count). The van der Waals surface area contributed by atoms with Crippen LogP contribution in [-0.2, 0) is 0 Å². The van der Waals surface area contributed by atoms with Gasteiger partial charge < -0.3 is 4.90 Å². The Morgan fingerprint density at radius 3 is 2.33 bits per heavy atom. The van der Waals surface area contributed by atoms with Gasteiger partial charge >= 0.3 is 0 Å². The van der Waals surface area contributed by atoms with Crippen molar-refractivity contribution in [3.05, 3.63) is 10.6 Å². The van der Waals surface area contributed by atoms with Crippen LogP contribution in [0.15, 0.2) is 0 Å². The molecule has 18 heavy (non-hydrogen) atoms. The van der Waals surface area contributed by atoms with Gasteiger partial charge in [-0.3, -0.25) is 0 Å². The van der Waals surface area contributed by atoms with E-state index in [9.17, 15) is 0 Å². The van der Waals surface area contributed by atoms with Crippen molar-refractivity contribution in [1.82, 2.24) is 15.0 Å². The Morgan fingerprint density at radius 2 is 1.56 bits per heavy atom. The molecule has 1 saturated heterocycles. The monoisotopic (exact) mass is 286 g/mol. The predicted molar refractivity (Wildman–Crippen MR) is 72.2 cm³/mol. The lowest BCUT2D eigenvalue weighted by atomic mass is 9.78. The Labute approximate surface area is 117 Å². The first-order valence-corrected chi connectivity index (χ1v) is 7.33. The fraction of sp³-hybridized carbons (Fsp3) is 0.750. The molecule has 1 saturated carbocycles. The molecule has 1 aromatic rings. The van der Waals surface area contributed by atoms with E-state index in [1.807, 2.05) is 0 Å². The van der Waals surface area contributed by atoms with E-state index >= 15 is 0 Å². The first-order valence-electron chi connectivity index (χ1n) is 6.58. The highest BCUT2D eigenvalue weighted by Gasteiger charge is 2.34. The number of fused-ring (bicyclic) bond motifs is 1. The largest absolute Gasteiger partial charge is 0.337 e. The summed E-state index contributed by atoms with van der Waals surface area (Å²) in [6.45, 7) is 0.998. The Morgan fingerprint density at radius 1 is 0.889 bits per heavy atom. The molecule has 4 nitrogen and oxygen atoms in total. The zero-order valence-corrected chi connectivity index (χ0v) is 11.7. The summed E-state index contributed by atoms with van der Waals surface area (Å²) in [5.41, 5.74) is 0. The van der Waals surface area contributed by atoms with Gasteiger partial charge in [0, 0.05) is 12.6 Å². The summed E-state index contributed by atoms with van der Waals surface area (Å²) in [4.78, 5) is 14.6. The Balaban J connectivity index is 1.89. The van der Waals surface area contributed by atoms with E-state index in [2.05, 4.69) is 19.9 Å². The lowest BCUT2D eigenvalue weighted by Gasteiger charge is -2.44. The second-order valence-corrected chi connectivity index (χ2v) is 5.80. The number of aromatic nitrogens is 3. The van der Waals surface area contributed by atoms with E-state index in [4.69, 9.17) is 23.2 Å². The summed E-state index contributed by atoms with van der Waals surface area (Å²) < 4.78 is 0. The minimum Gasteiger partial charge on any atom is -0.337 e. The van der Waals surface area contributed by atoms with Gasteiger partial charge in [0.05, 0.1) is 0 Å². The molecular formula is C12H16Cl2N4. The van der Waals surface area contributed by atoms with Crippen molar-refractivity contribution in [3.8, 4) is 0 Å². The van der Waals surface area contributed by atoms with Crippen molar-refractivity contribution in [3.63, 3.8) is 0 Å². The Kier molecular flexibility index (Phi) is 3.57.